The molecule has 0 unspecified atom stereocenters. The predicted octanol–water partition coefficient (Wildman–Crippen LogP) is 3.12. The molecule has 0 spiro atoms. The number of ether oxygens (including phenoxy) is 4. The molecule has 1 heterocycles. The van der Waals surface area contributed by atoms with Crippen molar-refractivity contribution in [3.63, 3.8) is 0 Å². The highest BCUT2D eigenvalue weighted by atomic mass is 16.7. The average molecular weight is 399 g/mol. The number of hydrogen-bond donors (Lipinski definition) is 2. The van der Waals surface area contributed by atoms with Gasteiger partial charge in [-0.05, 0) is 55.2 Å². The lowest BCUT2D eigenvalue weighted by Gasteiger charge is -2.13. The first-order valence-corrected chi connectivity index (χ1v) is 9.86. The Hall–Kier alpha value is -3.09. The highest BCUT2D eigenvalue weighted by molar-refractivity contribution is 5.79. The summed E-state index contributed by atoms with van der Waals surface area (Å²) in [4.78, 5) is 4.28. The van der Waals surface area contributed by atoms with Gasteiger partial charge in [0.15, 0.2) is 29.0 Å². The first kappa shape index (κ1) is 20.6. The van der Waals surface area contributed by atoms with Gasteiger partial charge in [-0.15, -0.1) is 0 Å². The van der Waals surface area contributed by atoms with Crippen molar-refractivity contribution in [2.24, 2.45) is 4.99 Å². The molecule has 1 aliphatic rings. The summed E-state index contributed by atoms with van der Waals surface area (Å²) in [5.41, 5.74) is 2.33. The first-order chi connectivity index (χ1) is 14.2. The fourth-order valence-electron chi connectivity index (χ4n) is 3.10. The molecule has 2 N–H and O–H groups in total. The summed E-state index contributed by atoms with van der Waals surface area (Å²) >= 11 is 0. The molecular formula is C22H29N3O4. The molecular weight excluding hydrogens is 370 g/mol. The van der Waals surface area contributed by atoms with Crippen molar-refractivity contribution in [3.05, 3.63) is 47.5 Å². The zero-order valence-electron chi connectivity index (χ0n) is 17.3. The zero-order valence-corrected chi connectivity index (χ0v) is 17.3. The Morgan fingerprint density at radius 1 is 1.03 bits per heavy atom. The van der Waals surface area contributed by atoms with Gasteiger partial charge in [0, 0.05) is 20.1 Å². The van der Waals surface area contributed by atoms with Crippen LogP contribution in [0.2, 0.25) is 0 Å². The molecule has 7 heteroatoms. The van der Waals surface area contributed by atoms with Crippen molar-refractivity contribution in [3.8, 4) is 23.0 Å². The second-order valence-corrected chi connectivity index (χ2v) is 6.56. The van der Waals surface area contributed by atoms with E-state index in [2.05, 4.69) is 27.8 Å². The van der Waals surface area contributed by atoms with Gasteiger partial charge in [-0.2, -0.15) is 0 Å². The molecule has 0 radical (unpaired) electrons. The Kier molecular flexibility index (Phi) is 7.44. The van der Waals surface area contributed by atoms with Crippen LogP contribution in [0.1, 0.15) is 24.5 Å². The van der Waals surface area contributed by atoms with Crippen molar-refractivity contribution in [2.75, 3.05) is 34.1 Å². The molecule has 0 atom stereocenters. The predicted molar refractivity (Wildman–Crippen MR) is 113 cm³/mol. The van der Waals surface area contributed by atoms with Gasteiger partial charge < -0.3 is 29.6 Å². The van der Waals surface area contributed by atoms with Crippen LogP contribution >= 0.6 is 0 Å². The van der Waals surface area contributed by atoms with Crippen LogP contribution < -0.4 is 29.6 Å². The molecule has 1 aliphatic heterocycles. The van der Waals surface area contributed by atoms with Gasteiger partial charge in [-0.3, -0.25) is 4.99 Å². The summed E-state index contributed by atoms with van der Waals surface area (Å²) in [6, 6.07) is 12.0. The number of aryl methyl sites for hydroxylation is 1. The summed E-state index contributed by atoms with van der Waals surface area (Å²) in [5, 5.41) is 6.67. The lowest BCUT2D eigenvalue weighted by molar-refractivity contribution is 0.174. The second-order valence-electron chi connectivity index (χ2n) is 6.56. The minimum atomic E-state index is 0.287. The van der Waals surface area contributed by atoms with Crippen LogP contribution in [0.15, 0.2) is 41.4 Å². The molecule has 156 valence electrons. The smallest absolute Gasteiger partial charge is 0.231 e. The van der Waals surface area contributed by atoms with Gasteiger partial charge in [-0.25, -0.2) is 0 Å². The number of aliphatic imine (C=N–C) groups is 1. The topological polar surface area (TPSA) is 73.3 Å². The number of nitrogens with zero attached hydrogens (tertiary/aromatic N) is 1. The number of benzene rings is 2. The SMILES string of the molecule is CCOc1cc(CCCNC(=NC)NCc2ccc3c(c2)OCO3)ccc1OC. The molecule has 0 amide bonds. The van der Waals surface area contributed by atoms with E-state index in [1.54, 1.807) is 14.2 Å². The second kappa shape index (κ2) is 10.5. The minimum absolute atomic E-state index is 0.287. The first-order valence-electron chi connectivity index (χ1n) is 9.86. The molecule has 0 bridgehead atoms. The fourth-order valence-corrected chi connectivity index (χ4v) is 3.10. The lowest BCUT2D eigenvalue weighted by Crippen LogP contribution is -2.37. The molecule has 0 saturated heterocycles. The summed E-state index contributed by atoms with van der Waals surface area (Å²) in [6.07, 6.45) is 1.92. The van der Waals surface area contributed by atoms with E-state index in [9.17, 15) is 0 Å². The van der Waals surface area contributed by atoms with Gasteiger partial charge >= 0.3 is 0 Å². The Balaban J connectivity index is 1.42. The fraction of sp³-hybridized carbons (Fsp3) is 0.409. The van der Waals surface area contributed by atoms with Crippen molar-refractivity contribution in [1.29, 1.82) is 0 Å². The molecule has 3 rings (SSSR count). The molecule has 7 nitrogen and oxygen atoms in total. The van der Waals surface area contributed by atoms with Crippen molar-refractivity contribution in [1.82, 2.24) is 10.6 Å². The Morgan fingerprint density at radius 3 is 2.66 bits per heavy atom. The molecule has 0 saturated carbocycles. The maximum atomic E-state index is 5.65. The largest absolute Gasteiger partial charge is 0.493 e. The van der Waals surface area contributed by atoms with Crippen LogP contribution in [0.25, 0.3) is 0 Å². The monoisotopic (exact) mass is 399 g/mol. The van der Waals surface area contributed by atoms with E-state index in [1.807, 2.05) is 31.2 Å². The van der Waals surface area contributed by atoms with E-state index in [1.165, 1.54) is 5.56 Å². The van der Waals surface area contributed by atoms with E-state index >= 15 is 0 Å². The molecule has 0 fully saturated rings. The van der Waals surface area contributed by atoms with Crippen molar-refractivity contribution >= 4 is 5.96 Å². The maximum absolute atomic E-state index is 5.65. The Labute approximate surface area is 172 Å². The van der Waals surface area contributed by atoms with Crippen LogP contribution in [0, 0.1) is 0 Å². The summed E-state index contributed by atoms with van der Waals surface area (Å²) in [5.74, 6) is 3.91. The van der Waals surface area contributed by atoms with Crippen LogP contribution in [-0.2, 0) is 13.0 Å². The number of fused-ring (bicyclic) bond motifs is 1. The highest BCUT2D eigenvalue weighted by Gasteiger charge is 2.13. The highest BCUT2D eigenvalue weighted by Crippen LogP contribution is 2.32. The normalized spacial score (nSPS) is 12.6. The number of methoxy groups -OCH3 is 1. The van der Waals surface area contributed by atoms with E-state index in [-0.39, 0.29) is 6.79 Å². The number of guanidine groups is 1. The van der Waals surface area contributed by atoms with Gasteiger partial charge in [0.1, 0.15) is 0 Å². The van der Waals surface area contributed by atoms with E-state index < -0.39 is 0 Å². The quantitative estimate of drug-likeness (QED) is 0.383. The number of nitrogens with one attached hydrogen (secondary N) is 2. The Morgan fingerprint density at radius 2 is 1.86 bits per heavy atom. The van der Waals surface area contributed by atoms with Crippen molar-refractivity contribution in [2.45, 2.75) is 26.3 Å². The van der Waals surface area contributed by atoms with E-state index in [4.69, 9.17) is 18.9 Å². The molecule has 2 aromatic rings. The number of hydrogen-bond acceptors (Lipinski definition) is 5. The van der Waals surface area contributed by atoms with Crippen molar-refractivity contribution < 1.29 is 18.9 Å². The molecule has 0 aromatic heterocycles. The third-order valence-corrected chi connectivity index (χ3v) is 4.58. The standard InChI is InChI=1S/C22H29N3O4/c1-4-27-20-12-16(7-9-18(20)26-3)6-5-11-24-22(23-2)25-14-17-8-10-19-21(13-17)29-15-28-19/h7-10,12-13H,4-6,11,14-15H2,1-3H3,(H2,23,24,25). The molecule has 0 aliphatic carbocycles. The third kappa shape index (κ3) is 5.70. The third-order valence-electron chi connectivity index (χ3n) is 4.58. The summed E-state index contributed by atoms with van der Waals surface area (Å²) in [6.45, 7) is 4.35. The van der Waals surface area contributed by atoms with Gasteiger partial charge in [0.05, 0.1) is 13.7 Å². The van der Waals surface area contributed by atoms with Crippen LogP contribution in [-0.4, -0.2) is 40.1 Å². The minimum Gasteiger partial charge on any atom is -0.493 e. The summed E-state index contributed by atoms with van der Waals surface area (Å²) in [7, 11) is 3.43. The van der Waals surface area contributed by atoms with Crippen LogP contribution in [0.4, 0.5) is 0 Å². The average Bonchev–Trinajstić information content (AvgIpc) is 3.21. The van der Waals surface area contributed by atoms with Crippen LogP contribution in [0.3, 0.4) is 0 Å². The Bertz CT molecular complexity index is 839. The number of rotatable bonds is 9. The van der Waals surface area contributed by atoms with E-state index in [0.717, 1.165) is 53.9 Å². The van der Waals surface area contributed by atoms with Gasteiger partial charge in [-0.1, -0.05) is 12.1 Å². The van der Waals surface area contributed by atoms with Gasteiger partial charge in [0.2, 0.25) is 6.79 Å². The van der Waals surface area contributed by atoms with Crippen LogP contribution in [0.5, 0.6) is 23.0 Å². The zero-order chi connectivity index (χ0) is 20.5. The summed E-state index contributed by atoms with van der Waals surface area (Å²) < 4.78 is 21.7. The molecule has 29 heavy (non-hydrogen) atoms. The molecule has 2 aromatic carbocycles. The maximum Gasteiger partial charge on any atom is 0.231 e. The van der Waals surface area contributed by atoms with E-state index in [0.29, 0.717) is 13.2 Å². The van der Waals surface area contributed by atoms with Gasteiger partial charge in [0.25, 0.3) is 0 Å². The lowest BCUT2D eigenvalue weighted by atomic mass is 10.1.